The molecule has 1 aliphatic rings. The van der Waals surface area contributed by atoms with Gasteiger partial charge in [0.2, 0.25) is 0 Å². The molecular weight excluding hydrogens is 160 g/mol. The van der Waals surface area contributed by atoms with Gasteiger partial charge in [0.05, 0.1) is 6.10 Å². The van der Waals surface area contributed by atoms with Crippen LogP contribution in [-0.2, 0) is 0 Å². The van der Waals surface area contributed by atoms with Crippen LogP contribution in [0.25, 0.3) is 0 Å². The molecule has 0 heterocycles. The van der Waals surface area contributed by atoms with E-state index in [1.54, 1.807) is 0 Å². The average molecular weight is 184 g/mol. The molecule has 78 valence electrons. The second-order valence-electron chi connectivity index (χ2n) is 4.71. The van der Waals surface area contributed by atoms with E-state index < -0.39 is 0 Å². The van der Waals surface area contributed by atoms with Gasteiger partial charge in [-0.15, -0.1) is 0 Å². The van der Waals surface area contributed by atoms with Crippen LogP contribution >= 0.6 is 0 Å². The zero-order chi connectivity index (χ0) is 9.73. The van der Waals surface area contributed by atoms with Crippen molar-refractivity contribution in [2.24, 2.45) is 5.41 Å². The SMILES string of the molecule is CCCC(O)CC1(CC)CCCC1. The number of hydrogen-bond acceptors (Lipinski definition) is 1. The van der Waals surface area contributed by atoms with Crippen molar-refractivity contribution in [2.45, 2.75) is 71.3 Å². The van der Waals surface area contributed by atoms with Crippen LogP contribution in [0.5, 0.6) is 0 Å². The fourth-order valence-electron chi connectivity index (χ4n) is 2.76. The summed E-state index contributed by atoms with van der Waals surface area (Å²) in [5.41, 5.74) is 0.509. The van der Waals surface area contributed by atoms with E-state index >= 15 is 0 Å². The molecule has 0 spiro atoms. The minimum atomic E-state index is -0.0388. The van der Waals surface area contributed by atoms with Crippen molar-refractivity contribution in [3.63, 3.8) is 0 Å². The lowest BCUT2D eigenvalue weighted by atomic mass is 9.78. The van der Waals surface area contributed by atoms with Crippen molar-refractivity contribution in [1.29, 1.82) is 0 Å². The van der Waals surface area contributed by atoms with Crippen LogP contribution in [0.1, 0.15) is 65.2 Å². The summed E-state index contributed by atoms with van der Waals surface area (Å²) in [5, 5.41) is 9.81. The lowest BCUT2D eigenvalue weighted by Crippen LogP contribution is -2.22. The molecule has 1 atom stereocenters. The molecule has 0 saturated heterocycles. The smallest absolute Gasteiger partial charge is 0.0545 e. The van der Waals surface area contributed by atoms with Gasteiger partial charge in [-0.2, -0.15) is 0 Å². The van der Waals surface area contributed by atoms with E-state index in [0.29, 0.717) is 5.41 Å². The lowest BCUT2D eigenvalue weighted by molar-refractivity contribution is 0.0886. The Hall–Kier alpha value is -0.0400. The number of hydrogen-bond donors (Lipinski definition) is 1. The van der Waals surface area contributed by atoms with E-state index in [1.165, 1.54) is 32.1 Å². The van der Waals surface area contributed by atoms with Gasteiger partial charge in [-0.05, 0) is 31.1 Å². The van der Waals surface area contributed by atoms with Crippen molar-refractivity contribution in [3.8, 4) is 0 Å². The first kappa shape index (κ1) is 11.0. The van der Waals surface area contributed by atoms with Gasteiger partial charge in [0.25, 0.3) is 0 Å². The molecular formula is C12H24O. The summed E-state index contributed by atoms with van der Waals surface area (Å²) < 4.78 is 0. The summed E-state index contributed by atoms with van der Waals surface area (Å²) >= 11 is 0. The predicted molar refractivity (Wildman–Crippen MR) is 56.7 cm³/mol. The van der Waals surface area contributed by atoms with Crippen molar-refractivity contribution in [1.82, 2.24) is 0 Å². The summed E-state index contributed by atoms with van der Waals surface area (Å²) in [6.45, 7) is 4.43. The zero-order valence-electron chi connectivity index (χ0n) is 9.18. The molecule has 0 aromatic heterocycles. The topological polar surface area (TPSA) is 20.2 Å². The molecule has 1 saturated carbocycles. The van der Waals surface area contributed by atoms with Crippen molar-refractivity contribution >= 4 is 0 Å². The Bertz CT molecular complexity index is 136. The van der Waals surface area contributed by atoms with E-state index in [4.69, 9.17) is 0 Å². The third-order valence-electron chi connectivity index (χ3n) is 3.70. The van der Waals surface area contributed by atoms with E-state index in [1.807, 2.05) is 0 Å². The summed E-state index contributed by atoms with van der Waals surface area (Å²) in [5.74, 6) is 0. The Labute approximate surface area is 82.5 Å². The molecule has 0 aliphatic heterocycles. The van der Waals surface area contributed by atoms with Crippen LogP contribution in [0.3, 0.4) is 0 Å². The molecule has 1 rings (SSSR count). The van der Waals surface area contributed by atoms with E-state index in [9.17, 15) is 5.11 Å². The van der Waals surface area contributed by atoms with Crippen LogP contribution in [-0.4, -0.2) is 11.2 Å². The van der Waals surface area contributed by atoms with Crippen molar-refractivity contribution in [2.75, 3.05) is 0 Å². The van der Waals surface area contributed by atoms with Crippen molar-refractivity contribution < 1.29 is 5.11 Å². The predicted octanol–water partition coefficient (Wildman–Crippen LogP) is 3.51. The fraction of sp³-hybridized carbons (Fsp3) is 1.00. The molecule has 0 radical (unpaired) electrons. The first-order valence-corrected chi connectivity index (χ1v) is 5.90. The van der Waals surface area contributed by atoms with Gasteiger partial charge in [-0.25, -0.2) is 0 Å². The summed E-state index contributed by atoms with van der Waals surface area (Å²) in [6, 6.07) is 0. The van der Waals surface area contributed by atoms with Crippen LogP contribution in [0.4, 0.5) is 0 Å². The quantitative estimate of drug-likeness (QED) is 0.693. The second kappa shape index (κ2) is 4.99. The third-order valence-corrected chi connectivity index (χ3v) is 3.70. The first-order chi connectivity index (χ1) is 6.22. The number of aliphatic hydroxyl groups is 1. The first-order valence-electron chi connectivity index (χ1n) is 5.90. The maximum atomic E-state index is 9.81. The summed E-state index contributed by atoms with van der Waals surface area (Å²) in [6.07, 6.45) is 9.84. The summed E-state index contributed by atoms with van der Waals surface area (Å²) in [4.78, 5) is 0. The number of rotatable bonds is 5. The van der Waals surface area contributed by atoms with E-state index in [0.717, 1.165) is 19.3 Å². The molecule has 13 heavy (non-hydrogen) atoms. The van der Waals surface area contributed by atoms with E-state index in [2.05, 4.69) is 13.8 Å². The molecule has 1 unspecified atom stereocenters. The van der Waals surface area contributed by atoms with Crippen LogP contribution in [0.2, 0.25) is 0 Å². The van der Waals surface area contributed by atoms with Gasteiger partial charge in [0, 0.05) is 0 Å². The highest BCUT2D eigenvalue weighted by molar-refractivity contribution is 4.85. The highest BCUT2D eigenvalue weighted by Crippen LogP contribution is 2.44. The largest absolute Gasteiger partial charge is 0.393 e. The molecule has 1 fully saturated rings. The van der Waals surface area contributed by atoms with E-state index in [-0.39, 0.29) is 6.10 Å². The van der Waals surface area contributed by atoms with Gasteiger partial charge in [0.15, 0.2) is 0 Å². The van der Waals surface area contributed by atoms with Gasteiger partial charge in [-0.3, -0.25) is 0 Å². The van der Waals surface area contributed by atoms with Crippen LogP contribution in [0.15, 0.2) is 0 Å². The zero-order valence-corrected chi connectivity index (χ0v) is 9.18. The monoisotopic (exact) mass is 184 g/mol. The fourth-order valence-corrected chi connectivity index (χ4v) is 2.76. The highest BCUT2D eigenvalue weighted by Gasteiger charge is 2.33. The van der Waals surface area contributed by atoms with Gasteiger partial charge in [-0.1, -0.05) is 39.5 Å². The average Bonchev–Trinajstić information content (AvgIpc) is 2.54. The minimum absolute atomic E-state index is 0.0388. The van der Waals surface area contributed by atoms with Gasteiger partial charge >= 0.3 is 0 Å². The normalized spacial score (nSPS) is 23.3. The van der Waals surface area contributed by atoms with Crippen LogP contribution < -0.4 is 0 Å². The Morgan fingerprint density at radius 2 is 1.85 bits per heavy atom. The Kier molecular flexibility index (Phi) is 4.24. The number of aliphatic hydroxyl groups excluding tert-OH is 1. The Balaban J connectivity index is 2.38. The highest BCUT2D eigenvalue weighted by atomic mass is 16.3. The molecule has 1 aliphatic carbocycles. The van der Waals surface area contributed by atoms with Crippen LogP contribution in [0, 0.1) is 5.41 Å². The minimum Gasteiger partial charge on any atom is -0.393 e. The molecule has 0 amide bonds. The second-order valence-corrected chi connectivity index (χ2v) is 4.71. The lowest BCUT2D eigenvalue weighted by Gasteiger charge is -2.29. The standard InChI is InChI=1S/C12H24O/c1-3-7-11(13)10-12(4-2)8-5-6-9-12/h11,13H,3-10H2,1-2H3. The molecule has 0 bridgehead atoms. The van der Waals surface area contributed by atoms with Gasteiger partial charge < -0.3 is 5.11 Å². The molecule has 0 aromatic carbocycles. The summed E-state index contributed by atoms with van der Waals surface area (Å²) in [7, 11) is 0. The van der Waals surface area contributed by atoms with Gasteiger partial charge in [0.1, 0.15) is 0 Å². The molecule has 1 heteroatoms. The Morgan fingerprint density at radius 3 is 2.31 bits per heavy atom. The maximum absolute atomic E-state index is 9.81. The molecule has 1 nitrogen and oxygen atoms in total. The Morgan fingerprint density at radius 1 is 1.23 bits per heavy atom. The maximum Gasteiger partial charge on any atom is 0.0545 e. The molecule has 1 N–H and O–H groups in total. The molecule has 0 aromatic rings. The third kappa shape index (κ3) is 2.98. The van der Waals surface area contributed by atoms with Crippen molar-refractivity contribution in [3.05, 3.63) is 0 Å².